The Morgan fingerprint density at radius 3 is 2.86 bits per heavy atom. The fourth-order valence-electron chi connectivity index (χ4n) is 1.93. The second-order valence-electron chi connectivity index (χ2n) is 3.34. The second-order valence-corrected chi connectivity index (χ2v) is 3.34. The molecule has 14 heavy (non-hydrogen) atoms. The van der Waals surface area contributed by atoms with E-state index >= 15 is 0 Å². The van der Waals surface area contributed by atoms with E-state index in [-0.39, 0.29) is 5.91 Å². The van der Waals surface area contributed by atoms with Crippen LogP contribution in [0.5, 0.6) is 0 Å². The maximum Gasteiger partial charge on any atom is 0.263 e. The Bertz CT molecular complexity index is 540. The van der Waals surface area contributed by atoms with Crippen molar-refractivity contribution >= 4 is 11.6 Å². The summed E-state index contributed by atoms with van der Waals surface area (Å²) >= 11 is 0. The van der Waals surface area contributed by atoms with Gasteiger partial charge in [0.2, 0.25) is 0 Å². The topological polar surface area (TPSA) is 48.0 Å². The molecule has 0 radical (unpaired) electrons. The highest BCUT2D eigenvalue weighted by Gasteiger charge is 2.26. The van der Waals surface area contributed by atoms with Crippen molar-refractivity contribution in [1.29, 1.82) is 0 Å². The number of benzene rings is 1. The van der Waals surface area contributed by atoms with Crippen LogP contribution in [0, 0.1) is 0 Å². The average molecular weight is 184 g/mol. The number of carbonyl (C=O) groups excluding carboxylic acids is 1. The van der Waals surface area contributed by atoms with Gasteiger partial charge in [0.15, 0.2) is 0 Å². The highest BCUT2D eigenvalue weighted by molar-refractivity contribution is 6.11. The van der Waals surface area contributed by atoms with Crippen LogP contribution in [0.1, 0.15) is 10.4 Å². The van der Waals surface area contributed by atoms with Gasteiger partial charge in [-0.2, -0.15) is 0 Å². The number of hydrogen-bond acceptors (Lipinski definition) is 2. The lowest BCUT2D eigenvalue weighted by molar-refractivity contribution is 0.0969. The van der Waals surface area contributed by atoms with Crippen molar-refractivity contribution in [3.8, 4) is 11.3 Å². The van der Waals surface area contributed by atoms with E-state index in [1.807, 2.05) is 18.2 Å². The molecule has 1 aliphatic rings. The normalized spacial score (nSPS) is 12.7. The molecular weight excluding hydrogens is 176 g/mol. The van der Waals surface area contributed by atoms with E-state index in [1.54, 1.807) is 22.9 Å². The van der Waals surface area contributed by atoms with E-state index in [4.69, 9.17) is 5.73 Å². The van der Waals surface area contributed by atoms with Gasteiger partial charge in [-0.15, -0.1) is 0 Å². The highest BCUT2D eigenvalue weighted by atomic mass is 16.2. The second kappa shape index (κ2) is 2.26. The molecule has 1 aromatic carbocycles. The SMILES string of the molecule is Nc1cccc2c1-c1cccn1C2=O. The predicted octanol–water partition coefficient (Wildman–Crippen LogP) is 1.74. The summed E-state index contributed by atoms with van der Waals surface area (Å²) in [6.45, 7) is 0. The zero-order chi connectivity index (χ0) is 9.71. The summed E-state index contributed by atoms with van der Waals surface area (Å²) in [5.41, 5.74) is 8.95. The lowest BCUT2D eigenvalue weighted by Gasteiger charge is -1.99. The molecule has 0 amide bonds. The van der Waals surface area contributed by atoms with Crippen LogP contribution in [0.4, 0.5) is 5.69 Å². The largest absolute Gasteiger partial charge is 0.398 e. The van der Waals surface area contributed by atoms with Gasteiger partial charge in [0.25, 0.3) is 5.91 Å². The van der Waals surface area contributed by atoms with E-state index in [2.05, 4.69) is 0 Å². The molecule has 0 unspecified atom stereocenters. The van der Waals surface area contributed by atoms with Crippen LogP contribution in [0.2, 0.25) is 0 Å². The molecule has 68 valence electrons. The molecule has 1 aliphatic heterocycles. The van der Waals surface area contributed by atoms with Gasteiger partial charge in [-0.05, 0) is 24.3 Å². The van der Waals surface area contributed by atoms with Gasteiger partial charge in [0, 0.05) is 17.4 Å². The van der Waals surface area contributed by atoms with Gasteiger partial charge in [-0.25, -0.2) is 0 Å². The average Bonchev–Trinajstić information content (AvgIpc) is 2.72. The van der Waals surface area contributed by atoms with E-state index in [1.165, 1.54) is 0 Å². The summed E-state index contributed by atoms with van der Waals surface area (Å²) in [4.78, 5) is 11.8. The number of aromatic nitrogens is 1. The van der Waals surface area contributed by atoms with Gasteiger partial charge < -0.3 is 5.73 Å². The molecule has 3 nitrogen and oxygen atoms in total. The molecule has 2 N–H and O–H groups in total. The van der Waals surface area contributed by atoms with Crippen LogP contribution in [0.15, 0.2) is 36.5 Å². The van der Waals surface area contributed by atoms with Crippen molar-refractivity contribution in [1.82, 2.24) is 4.57 Å². The van der Waals surface area contributed by atoms with Crippen molar-refractivity contribution in [3.63, 3.8) is 0 Å². The maximum atomic E-state index is 11.8. The molecule has 2 aromatic rings. The first kappa shape index (κ1) is 7.38. The third kappa shape index (κ3) is 0.695. The van der Waals surface area contributed by atoms with E-state index < -0.39 is 0 Å². The molecule has 1 aromatic heterocycles. The van der Waals surface area contributed by atoms with E-state index in [0.717, 1.165) is 11.3 Å². The summed E-state index contributed by atoms with van der Waals surface area (Å²) in [6.07, 6.45) is 1.76. The highest BCUT2D eigenvalue weighted by Crippen LogP contribution is 2.36. The molecule has 0 saturated heterocycles. The Balaban J connectivity index is 2.46. The summed E-state index contributed by atoms with van der Waals surface area (Å²) in [5, 5.41) is 0. The third-order valence-corrected chi connectivity index (χ3v) is 2.55. The van der Waals surface area contributed by atoms with Gasteiger partial charge >= 0.3 is 0 Å². The van der Waals surface area contributed by atoms with Crippen LogP contribution in [0.25, 0.3) is 11.3 Å². The molecule has 0 bridgehead atoms. The fraction of sp³-hybridized carbons (Fsp3) is 0. The summed E-state index contributed by atoms with van der Waals surface area (Å²) in [6, 6.07) is 9.18. The Morgan fingerprint density at radius 2 is 2.00 bits per heavy atom. The smallest absolute Gasteiger partial charge is 0.263 e. The van der Waals surface area contributed by atoms with Crippen LogP contribution >= 0.6 is 0 Å². The molecule has 0 saturated carbocycles. The molecule has 0 spiro atoms. The van der Waals surface area contributed by atoms with Crippen molar-refractivity contribution in [2.45, 2.75) is 0 Å². The summed E-state index contributed by atoms with van der Waals surface area (Å²) in [7, 11) is 0. The van der Waals surface area contributed by atoms with Gasteiger partial charge in [0.05, 0.1) is 11.3 Å². The van der Waals surface area contributed by atoms with Gasteiger partial charge in [-0.1, -0.05) is 6.07 Å². The number of hydrogen-bond donors (Lipinski definition) is 1. The van der Waals surface area contributed by atoms with Crippen molar-refractivity contribution in [3.05, 3.63) is 42.1 Å². The maximum absolute atomic E-state index is 11.8. The van der Waals surface area contributed by atoms with E-state index in [0.29, 0.717) is 11.3 Å². The van der Waals surface area contributed by atoms with Crippen LogP contribution in [-0.4, -0.2) is 10.5 Å². The first-order valence-electron chi connectivity index (χ1n) is 4.40. The molecular formula is C11H8N2O. The number of rotatable bonds is 0. The molecule has 0 aliphatic carbocycles. The van der Waals surface area contributed by atoms with Crippen LogP contribution in [-0.2, 0) is 0 Å². The van der Waals surface area contributed by atoms with Gasteiger partial charge in [0.1, 0.15) is 0 Å². The summed E-state index contributed by atoms with van der Waals surface area (Å²) in [5.74, 6) is 0.00676. The monoisotopic (exact) mass is 184 g/mol. The van der Waals surface area contributed by atoms with Crippen molar-refractivity contribution < 1.29 is 4.79 Å². The molecule has 0 fully saturated rings. The number of carbonyl (C=O) groups is 1. The number of nitrogens with two attached hydrogens (primary N) is 1. The standard InChI is InChI=1S/C11H8N2O/c12-8-4-1-3-7-10(8)9-5-2-6-13(9)11(7)14/h1-6H,12H2. The zero-order valence-electron chi connectivity index (χ0n) is 7.40. The molecule has 3 rings (SSSR count). The Labute approximate surface area is 80.8 Å². The lowest BCUT2D eigenvalue weighted by atomic mass is 10.1. The third-order valence-electron chi connectivity index (χ3n) is 2.55. The zero-order valence-corrected chi connectivity index (χ0v) is 7.40. The quantitative estimate of drug-likeness (QED) is 0.541. The molecule has 2 heterocycles. The minimum atomic E-state index is 0.00676. The Hall–Kier alpha value is -2.03. The molecule has 0 atom stereocenters. The minimum absolute atomic E-state index is 0.00676. The van der Waals surface area contributed by atoms with Crippen LogP contribution < -0.4 is 5.73 Å². The van der Waals surface area contributed by atoms with Gasteiger partial charge in [-0.3, -0.25) is 9.36 Å². The Morgan fingerprint density at radius 1 is 1.14 bits per heavy atom. The number of fused-ring (bicyclic) bond motifs is 3. The first-order valence-corrected chi connectivity index (χ1v) is 4.40. The number of nitrogens with zero attached hydrogens (tertiary/aromatic N) is 1. The number of anilines is 1. The lowest BCUT2D eigenvalue weighted by Crippen LogP contribution is -2.03. The minimum Gasteiger partial charge on any atom is -0.398 e. The molecule has 3 heteroatoms. The summed E-state index contributed by atoms with van der Waals surface area (Å²) < 4.78 is 1.63. The van der Waals surface area contributed by atoms with E-state index in [9.17, 15) is 4.79 Å². The fourth-order valence-corrected chi connectivity index (χ4v) is 1.93. The first-order chi connectivity index (χ1) is 6.79. The number of nitrogen functional groups attached to an aromatic ring is 1. The van der Waals surface area contributed by atoms with Crippen LogP contribution in [0.3, 0.4) is 0 Å². The van der Waals surface area contributed by atoms with Crippen molar-refractivity contribution in [2.24, 2.45) is 0 Å². The Kier molecular flexibility index (Phi) is 1.19. The van der Waals surface area contributed by atoms with Crippen molar-refractivity contribution in [2.75, 3.05) is 5.73 Å². The predicted molar refractivity (Wildman–Crippen MR) is 54.0 cm³/mol.